The predicted octanol–water partition coefficient (Wildman–Crippen LogP) is 3.27. The second kappa shape index (κ2) is 8.00. The van der Waals surface area contributed by atoms with E-state index < -0.39 is 0 Å². The number of amides is 1. The van der Waals surface area contributed by atoms with Gasteiger partial charge in [-0.05, 0) is 61.5 Å². The molecule has 0 unspecified atom stereocenters. The van der Waals surface area contributed by atoms with Crippen LogP contribution >= 0.6 is 0 Å². The fourth-order valence-electron chi connectivity index (χ4n) is 4.15. The molecule has 1 aromatic carbocycles. The average Bonchev–Trinajstić information content (AvgIpc) is 2.70. The molecule has 0 radical (unpaired) electrons. The average molecular weight is 349 g/mol. The van der Waals surface area contributed by atoms with Crippen LogP contribution in [0.4, 0.5) is 0 Å². The SMILES string of the molecule is O=C(CC1CCN(Cc2ccccn2)CC1)N1CCc2ccccc2C1. The van der Waals surface area contributed by atoms with E-state index in [1.807, 2.05) is 18.3 Å². The van der Waals surface area contributed by atoms with Crippen LogP contribution in [0, 0.1) is 5.92 Å². The van der Waals surface area contributed by atoms with Gasteiger partial charge in [-0.15, -0.1) is 0 Å². The summed E-state index contributed by atoms with van der Waals surface area (Å²) in [6.45, 7) is 4.71. The lowest BCUT2D eigenvalue weighted by atomic mass is 9.92. The number of carbonyl (C=O) groups is 1. The zero-order valence-electron chi connectivity index (χ0n) is 15.3. The molecule has 4 heteroatoms. The number of pyridine rings is 1. The van der Waals surface area contributed by atoms with Crippen molar-refractivity contribution >= 4 is 5.91 Å². The molecular formula is C22H27N3O. The van der Waals surface area contributed by atoms with E-state index in [2.05, 4.69) is 45.1 Å². The Morgan fingerprint density at radius 2 is 1.77 bits per heavy atom. The molecule has 1 aromatic heterocycles. The van der Waals surface area contributed by atoms with Crippen LogP contribution in [-0.2, 0) is 24.3 Å². The minimum absolute atomic E-state index is 0.336. The number of piperidine rings is 1. The number of carbonyl (C=O) groups excluding carboxylic acids is 1. The number of hydrogen-bond acceptors (Lipinski definition) is 3. The minimum atomic E-state index is 0.336. The van der Waals surface area contributed by atoms with Crippen molar-refractivity contribution in [1.82, 2.24) is 14.8 Å². The van der Waals surface area contributed by atoms with Gasteiger partial charge in [0, 0.05) is 32.3 Å². The maximum absolute atomic E-state index is 12.8. The zero-order chi connectivity index (χ0) is 17.8. The first-order valence-electron chi connectivity index (χ1n) is 9.75. The van der Waals surface area contributed by atoms with Gasteiger partial charge in [0.1, 0.15) is 0 Å². The number of nitrogens with zero attached hydrogens (tertiary/aromatic N) is 3. The van der Waals surface area contributed by atoms with E-state index in [1.54, 1.807) is 0 Å². The second-order valence-electron chi connectivity index (χ2n) is 7.58. The molecule has 0 spiro atoms. The highest BCUT2D eigenvalue weighted by atomic mass is 16.2. The highest BCUT2D eigenvalue weighted by Crippen LogP contribution is 2.25. The van der Waals surface area contributed by atoms with Gasteiger partial charge < -0.3 is 4.90 Å². The molecule has 1 amide bonds. The van der Waals surface area contributed by atoms with Crippen LogP contribution in [-0.4, -0.2) is 40.3 Å². The highest BCUT2D eigenvalue weighted by Gasteiger charge is 2.26. The van der Waals surface area contributed by atoms with Gasteiger partial charge in [0.2, 0.25) is 5.91 Å². The standard InChI is InChI=1S/C22H27N3O/c26-22(25-14-10-19-5-1-2-6-20(19)16-25)15-18-8-12-24(13-9-18)17-21-7-3-4-11-23-21/h1-7,11,18H,8-10,12-17H2. The summed E-state index contributed by atoms with van der Waals surface area (Å²) < 4.78 is 0. The molecule has 4 nitrogen and oxygen atoms in total. The number of aromatic nitrogens is 1. The van der Waals surface area contributed by atoms with Crippen LogP contribution in [0.3, 0.4) is 0 Å². The smallest absolute Gasteiger partial charge is 0.223 e. The van der Waals surface area contributed by atoms with E-state index in [0.29, 0.717) is 18.2 Å². The van der Waals surface area contributed by atoms with Crippen LogP contribution in [0.25, 0.3) is 0 Å². The lowest BCUT2D eigenvalue weighted by molar-refractivity contribution is -0.133. The summed E-state index contributed by atoms with van der Waals surface area (Å²) in [6.07, 6.45) is 5.79. The molecule has 0 aliphatic carbocycles. The van der Waals surface area contributed by atoms with Gasteiger partial charge in [0.25, 0.3) is 0 Å². The molecule has 4 rings (SSSR count). The normalized spacial score (nSPS) is 18.5. The van der Waals surface area contributed by atoms with Crippen LogP contribution in [0.15, 0.2) is 48.7 Å². The first kappa shape index (κ1) is 17.2. The largest absolute Gasteiger partial charge is 0.338 e. The molecule has 3 heterocycles. The van der Waals surface area contributed by atoms with Crippen LogP contribution in [0.5, 0.6) is 0 Å². The van der Waals surface area contributed by atoms with Gasteiger partial charge in [-0.3, -0.25) is 14.7 Å². The van der Waals surface area contributed by atoms with Crippen molar-refractivity contribution in [2.24, 2.45) is 5.92 Å². The number of rotatable bonds is 4. The number of hydrogen-bond donors (Lipinski definition) is 0. The molecule has 136 valence electrons. The Morgan fingerprint density at radius 1 is 1.00 bits per heavy atom. The third-order valence-corrected chi connectivity index (χ3v) is 5.77. The maximum Gasteiger partial charge on any atom is 0.223 e. The third kappa shape index (κ3) is 4.13. The Kier molecular flexibility index (Phi) is 5.30. The zero-order valence-corrected chi connectivity index (χ0v) is 15.3. The van der Waals surface area contributed by atoms with E-state index in [0.717, 1.165) is 57.7 Å². The maximum atomic E-state index is 12.8. The number of likely N-dealkylation sites (tertiary alicyclic amines) is 1. The van der Waals surface area contributed by atoms with Crippen molar-refractivity contribution in [2.45, 2.75) is 38.8 Å². The van der Waals surface area contributed by atoms with Crippen molar-refractivity contribution < 1.29 is 4.79 Å². The Labute approximate surface area is 155 Å². The molecule has 1 fully saturated rings. The van der Waals surface area contributed by atoms with Crippen molar-refractivity contribution in [3.8, 4) is 0 Å². The summed E-state index contributed by atoms with van der Waals surface area (Å²) in [7, 11) is 0. The Balaban J connectivity index is 1.25. The number of benzene rings is 1. The third-order valence-electron chi connectivity index (χ3n) is 5.77. The molecule has 0 bridgehead atoms. The van der Waals surface area contributed by atoms with E-state index >= 15 is 0 Å². The molecule has 0 saturated carbocycles. The van der Waals surface area contributed by atoms with Gasteiger partial charge in [-0.2, -0.15) is 0 Å². The van der Waals surface area contributed by atoms with Crippen molar-refractivity contribution in [2.75, 3.05) is 19.6 Å². The Bertz CT molecular complexity index is 738. The van der Waals surface area contributed by atoms with Crippen molar-refractivity contribution in [3.63, 3.8) is 0 Å². The quantitative estimate of drug-likeness (QED) is 0.850. The summed E-state index contributed by atoms with van der Waals surface area (Å²) >= 11 is 0. The molecule has 2 aromatic rings. The topological polar surface area (TPSA) is 36.4 Å². The lowest BCUT2D eigenvalue weighted by Gasteiger charge is -2.34. The van der Waals surface area contributed by atoms with Crippen LogP contribution < -0.4 is 0 Å². The molecule has 26 heavy (non-hydrogen) atoms. The summed E-state index contributed by atoms with van der Waals surface area (Å²) in [5.41, 5.74) is 3.85. The molecule has 0 atom stereocenters. The van der Waals surface area contributed by atoms with E-state index in [-0.39, 0.29) is 0 Å². The summed E-state index contributed by atoms with van der Waals surface area (Å²) in [6, 6.07) is 14.6. The predicted molar refractivity (Wildman–Crippen MR) is 102 cm³/mol. The first-order chi connectivity index (χ1) is 12.8. The molecule has 1 saturated heterocycles. The van der Waals surface area contributed by atoms with Crippen LogP contribution in [0.1, 0.15) is 36.1 Å². The second-order valence-corrected chi connectivity index (χ2v) is 7.58. The highest BCUT2D eigenvalue weighted by molar-refractivity contribution is 5.76. The molecule has 0 N–H and O–H groups in total. The summed E-state index contributed by atoms with van der Waals surface area (Å²) in [4.78, 5) is 21.7. The van der Waals surface area contributed by atoms with Crippen molar-refractivity contribution in [1.29, 1.82) is 0 Å². The van der Waals surface area contributed by atoms with E-state index in [1.165, 1.54) is 11.1 Å². The molecule has 2 aliphatic heterocycles. The Hall–Kier alpha value is -2.20. The van der Waals surface area contributed by atoms with Gasteiger partial charge >= 0.3 is 0 Å². The first-order valence-corrected chi connectivity index (χ1v) is 9.75. The Morgan fingerprint density at radius 3 is 2.54 bits per heavy atom. The number of fused-ring (bicyclic) bond motifs is 1. The van der Waals surface area contributed by atoms with Gasteiger partial charge in [0.05, 0.1) is 5.69 Å². The van der Waals surface area contributed by atoms with E-state index in [9.17, 15) is 4.79 Å². The minimum Gasteiger partial charge on any atom is -0.338 e. The summed E-state index contributed by atoms with van der Waals surface area (Å²) in [5, 5.41) is 0. The molecule has 2 aliphatic rings. The monoisotopic (exact) mass is 349 g/mol. The summed E-state index contributed by atoms with van der Waals surface area (Å²) in [5.74, 6) is 0.863. The fraction of sp³-hybridized carbons (Fsp3) is 0.455. The van der Waals surface area contributed by atoms with E-state index in [4.69, 9.17) is 0 Å². The van der Waals surface area contributed by atoms with Gasteiger partial charge in [-0.1, -0.05) is 30.3 Å². The van der Waals surface area contributed by atoms with Crippen LogP contribution in [0.2, 0.25) is 0 Å². The molecular weight excluding hydrogens is 322 g/mol. The fourth-order valence-corrected chi connectivity index (χ4v) is 4.15. The van der Waals surface area contributed by atoms with Gasteiger partial charge in [-0.25, -0.2) is 0 Å². The lowest BCUT2D eigenvalue weighted by Crippen LogP contribution is -2.39. The van der Waals surface area contributed by atoms with Gasteiger partial charge in [0.15, 0.2) is 0 Å². The van der Waals surface area contributed by atoms with Crippen molar-refractivity contribution in [3.05, 3.63) is 65.5 Å².